The number of halogens is 2. The zero-order chi connectivity index (χ0) is 7.40. The van der Waals surface area contributed by atoms with Gasteiger partial charge in [0, 0.05) is 0 Å². The second-order valence-corrected chi connectivity index (χ2v) is 5.53. The number of fused-ring (bicyclic) bond motifs is 2. The molecule has 0 amide bonds. The van der Waals surface area contributed by atoms with Gasteiger partial charge in [-0.05, 0) is 18.3 Å². The monoisotopic (exact) mass is 272 g/mol. The fraction of sp³-hybridized carbons (Fsp3) is 1.00. The summed E-state index contributed by atoms with van der Waals surface area (Å²) in [6.45, 7) is 0. The van der Waals surface area contributed by atoms with Gasteiger partial charge in [0.25, 0.3) is 0 Å². The molecule has 0 heterocycles. The maximum atomic E-state index is 4.81. The minimum atomic E-state index is -0.106. The Morgan fingerprint density at radius 3 is 1.30 bits per heavy atom. The molecule has 0 unspecified atom stereocenters. The number of hydrogen-bond donors (Lipinski definition) is 0. The van der Waals surface area contributed by atoms with E-state index in [0.29, 0.717) is 0 Å². The quantitative estimate of drug-likeness (QED) is 0.592. The molecule has 3 heteroatoms. The van der Waals surface area contributed by atoms with Gasteiger partial charge < -0.3 is 0 Å². The molecule has 2 aliphatic rings. The number of hydrogen-bond acceptors (Lipinski definition) is 0. The molecule has 0 N–H and O–H groups in total. The van der Waals surface area contributed by atoms with Gasteiger partial charge in [-0.1, -0.05) is 25.7 Å². The van der Waals surface area contributed by atoms with Crippen LogP contribution in [0.2, 0.25) is 0 Å². The average molecular weight is 273 g/mol. The van der Waals surface area contributed by atoms with E-state index in [0.717, 1.165) is 0 Å². The van der Waals surface area contributed by atoms with Crippen molar-refractivity contribution >= 4 is 19.1 Å². The van der Waals surface area contributed by atoms with Gasteiger partial charge in [0.15, 0.2) is 0 Å². The van der Waals surface area contributed by atoms with Crippen molar-refractivity contribution in [2.45, 2.75) is 32.1 Å². The summed E-state index contributed by atoms with van der Waals surface area (Å²) in [6, 6.07) is 0. The van der Waals surface area contributed by atoms with E-state index >= 15 is 0 Å². The Bertz CT molecular complexity index is 79.6. The van der Waals surface area contributed by atoms with Crippen LogP contribution in [0.4, 0.5) is 0 Å². The van der Waals surface area contributed by atoms with Crippen LogP contribution in [0, 0.1) is 11.8 Å². The predicted octanol–water partition coefficient (Wildman–Crippen LogP) is 3.57. The minimum absolute atomic E-state index is 0.106. The van der Waals surface area contributed by atoms with Crippen molar-refractivity contribution in [3.63, 3.8) is 0 Å². The molecule has 0 atom stereocenters. The van der Waals surface area contributed by atoms with E-state index in [9.17, 15) is 0 Å². The SMILES string of the molecule is C1CC2CCC1C2.[Cl][Pd][Cl]. The van der Waals surface area contributed by atoms with Crippen LogP contribution in [0.25, 0.3) is 0 Å². The summed E-state index contributed by atoms with van der Waals surface area (Å²) < 4.78 is 0. The van der Waals surface area contributed by atoms with Gasteiger partial charge in [-0.25, -0.2) is 0 Å². The van der Waals surface area contributed by atoms with E-state index < -0.39 is 0 Å². The number of rotatable bonds is 0. The molecule has 10 heavy (non-hydrogen) atoms. The van der Waals surface area contributed by atoms with Gasteiger partial charge in [0.2, 0.25) is 0 Å². The Morgan fingerprint density at radius 1 is 0.900 bits per heavy atom. The van der Waals surface area contributed by atoms with Crippen LogP contribution in [0.1, 0.15) is 32.1 Å². The van der Waals surface area contributed by atoms with E-state index in [1.54, 1.807) is 32.1 Å². The summed E-state index contributed by atoms with van der Waals surface area (Å²) in [5.41, 5.74) is 0. The van der Waals surface area contributed by atoms with Gasteiger partial charge in [0.05, 0.1) is 0 Å². The normalized spacial score (nSPS) is 35.8. The van der Waals surface area contributed by atoms with E-state index in [1.165, 1.54) is 11.8 Å². The van der Waals surface area contributed by atoms with E-state index in [2.05, 4.69) is 0 Å². The first-order valence-electron chi connectivity index (χ1n) is 3.69. The third-order valence-corrected chi connectivity index (χ3v) is 2.63. The van der Waals surface area contributed by atoms with Crippen molar-refractivity contribution in [2.75, 3.05) is 0 Å². The molecular formula is C7H12Cl2Pd. The summed E-state index contributed by atoms with van der Waals surface area (Å²) in [5.74, 6) is 2.34. The summed E-state index contributed by atoms with van der Waals surface area (Å²) in [4.78, 5) is 0. The second kappa shape index (κ2) is 4.99. The molecule has 0 aliphatic heterocycles. The fourth-order valence-corrected chi connectivity index (χ4v) is 2.17. The fourth-order valence-electron chi connectivity index (χ4n) is 2.17. The van der Waals surface area contributed by atoms with Gasteiger partial charge in [-0.2, -0.15) is 0 Å². The van der Waals surface area contributed by atoms with Crippen molar-refractivity contribution in [1.29, 1.82) is 0 Å². The molecule has 0 aromatic heterocycles. The van der Waals surface area contributed by atoms with E-state index in [-0.39, 0.29) is 15.9 Å². The van der Waals surface area contributed by atoms with Crippen LogP contribution in [-0.4, -0.2) is 0 Å². The van der Waals surface area contributed by atoms with Crippen molar-refractivity contribution < 1.29 is 15.9 Å². The molecule has 0 radical (unpaired) electrons. The molecule has 2 saturated carbocycles. The third-order valence-electron chi connectivity index (χ3n) is 2.63. The predicted molar refractivity (Wildman–Crippen MR) is 41.8 cm³/mol. The summed E-state index contributed by atoms with van der Waals surface area (Å²) in [6.07, 6.45) is 7.82. The third kappa shape index (κ3) is 2.70. The van der Waals surface area contributed by atoms with Crippen LogP contribution in [0.3, 0.4) is 0 Å². The van der Waals surface area contributed by atoms with E-state index in [4.69, 9.17) is 19.1 Å². The second-order valence-electron chi connectivity index (χ2n) is 3.17. The molecule has 2 rings (SSSR count). The molecule has 64 valence electrons. The average Bonchev–Trinajstić information content (AvgIpc) is 2.49. The molecule has 2 aliphatic carbocycles. The van der Waals surface area contributed by atoms with Crippen molar-refractivity contribution in [3.8, 4) is 0 Å². The van der Waals surface area contributed by atoms with Gasteiger partial charge >= 0.3 is 35.0 Å². The van der Waals surface area contributed by atoms with Gasteiger partial charge in [0.1, 0.15) is 0 Å². The van der Waals surface area contributed by atoms with Crippen molar-refractivity contribution in [3.05, 3.63) is 0 Å². The molecule has 0 spiro atoms. The maximum absolute atomic E-state index is 4.81. The standard InChI is InChI=1S/C7H12.2ClH.Pd/c1-2-7-4-3-6(1)5-7;;;/h6-7H,1-5H2;2*1H;/q;;;+2/p-2. The van der Waals surface area contributed by atoms with Crippen LogP contribution < -0.4 is 0 Å². The topological polar surface area (TPSA) is 0 Å². The Balaban J connectivity index is 0.000000148. The molecule has 2 fully saturated rings. The molecule has 0 nitrogen and oxygen atoms in total. The van der Waals surface area contributed by atoms with Crippen molar-refractivity contribution in [2.24, 2.45) is 11.8 Å². The van der Waals surface area contributed by atoms with Crippen LogP contribution in [0.15, 0.2) is 0 Å². The zero-order valence-electron chi connectivity index (χ0n) is 5.76. The molecular weight excluding hydrogens is 261 g/mol. The first kappa shape index (κ1) is 9.33. The van der Waals surface area contributed by atoms with Crippen molar-refractivity contribution in [1.82, 2.24) is 0 Å². The van der Waals surface area contributed by atoms with Gasteiger partial charge in [-0.15, -0.1) is 0 Å². The zero-order valence-corrected chi connectivity index (χ0v) is 8.83. The Hall–Kier alpha value is 1.24. The van der Waals surface area contributed by atoms with E-state index in [1.807, 2.05) is 0 Å². The Labute approximate surface area is 78.8 Å². The molecule has 2 bridgehead atoms. The van der Waals surface area contributed by atoms with Crippen LogP contribution >= 0.6 is 19.1 Å². The summed E-state index contributed by atoms with van der Waals surface area (Å²) in [5, 5.41) is 0. The Morgan fingerprint density at radius 2 is 1.20 bits per heavy atom. The first-order valence-corrected chi connectivity index (χ1v) is 7.69. The van der Waals surface area contributed by atoms with Crippen LogP contribution in [-0.2, 0) is 15.9 Å². The molecule has 0 saturated heterocycles. The molecule has 0 aromatic carbocycles. The summed E-state index contributed by atoms with van der Waals surface area (Å²) >= 11 is -0.106. The first-order chi connectivity index (χ1) is 4.86. The molecule has 0 aromatic rings. The Kier molecular flexibility index (Phi) is 4.66. The van der Waals surface area contributed by atoms with Crippen LogP contribution in [0.5, 0.6) is 0 Å². The van der Waals surface area contributed by atoms with Gasteiger partial charge in [-0.3, -0.25) is 0 Å². The summed E-state index contributed by atoms with van der Waals surface area (Å²) in [7, 11) is 9.63.